The Morgan fingerprint density at radius 3 is 2.15 bits per heavy atom. The minimum Gasteiger partial charge on any atom is -0.480 e. The highest BCUT2D eigenvalue weighted by Gasteiger charge is 2.28. The topological polar surface area (TPSA) is 191 Å². The van der Waals surface area contributed by atoms with Gasteiger partial charge in [-0.25, -0.2) is 4.79 Å². The Morgan fingerprint density at radius 1 is 1.04 bits per heavy atom. The van der Waals surface area contributed by atoms with Crippen LogP contribution in [0.3, 0.4) is 0 Å². The third kappa shape index (κ3) is 10.2. The van der Waals surface area contributed by atoms with E-state index in [-0.39, 0.29) is 6.42 Å². The normalized spacial score (nSPS) is 14.1. The predicted molar refractivity (Wildman–Crippen MR) is 99.2 cm³/mol. The first-order valence-corrected chi connectivity index (χ1v) is 9.68. The molecule has 0 aliphatic carbocycles. The van der Waals surface area contributed by atoms with Crippen LogP contribution in [0.25, 0.3) is 0 Å². The highest BCUT2D eigenvalue weighted by Crippen LogP contribution is 2.04. The van der Waals surface area contributed by atoms with Gasteiger partial charge in [0.15, 0.2) is 0 Å². The number of hydrogen-bond donors (Lipinski definition) is 6. The van der Waals surface area contributed by atoms with Crippen molar-refractivity contribution in [3.05, 3.63) is 0 Å². The van der Waals surface area contributed by atoms with E-state index in [9.17, 15) is 24.3 Å². The number of carbonyl (C=O) groups excluding carboxylic acids is 3. The number of nitrogens with one attached hydrogen (secondary N) is 2. The molecule has 0 aromatic carbocycles. The van der Waals surface area contributed by atoms with Gasteiger partial charge in [-0.15, -0.1) is 0 Å². The van der Waals surface area contributed by atoms with E-state index < -0.39 is 48.2 Å². The number of nitrogens with two attached hydrogens (primary N) is 3. The predicted octanol–water partition coefficient (Wildman–Crippen LogP) is -1.87. The number of unbranched alkanes of at least 4 members (excludes halogenated alkanes) is 1. The number of rotatable bonds is 14. The summed E-state index contributed by atoms with van der Waals surface area (Å²) in [4.78, 5) is 46.9. The minimum atomic E-state index is -1.28. The lowest BCUT2D eigenvalue weighted by atomic mass is 10.1. The van der Waals surface area contributed by atoms with E-state index in [1.807, 2.05) is 6.26 Å². The Balaban J connectivity index is 4.91. The van der Waals surface area contributed by atoms with Crippen LogP contribution in [0.2, 0.25) is 0 Å². The van der Waals surface area contributed by atoms with E-state index >= 15 is 0 Å². The fourth-order valence-corrected chi connectivity index (χ4v) is 2.58. The fourth-order valence-electron chi connectivity index (χ4n) is 2.09. The molecule has 150 valence electrons. The molecule has 0 aromatic heterocycles. The third-order valence-corrected chi connectivity index (χ3v) is 4.21. The molecule has 3 amide bonds. The van der Waals surface area contributed by atoms with Gasteiger partial charge in [0.2, 0.25) is 17.7 Å². The maximum absolute atomic E-state index is 12.3. The average Bonchev–Trinajstić information content (AvgIpc) is 2.57. The van der Waals surface area contributed by atoms with Crippen LogP contribution >= 0.6 is 11.8 Å². The second-order valence-corrected chi connectivity index (χ2v) is 6.79. The maximum Gasteiger partial charge on any atom is 0.326 e. The number of carboxylic acid groups (broad SMARTS) is 1. The van der Waals surface area contributed by atoms with Crippen LogP contribution in [0.5, 0.6) is 0 Å². The SMILES string of the molecule is CSCCC(N)C(=O)NC(CC(N)=O)C(=O)NC(CCCCN)C(=O)O. The van der Waals surface area contributed by atoms with Gasteiger partial charge in [-0.3, -0.25) is 14.4 Å². The van der Waals surface area contributed by atoms with Gasteiger partial charge in [0.1, 0.15) is 12.1 Å². The minimum absolute atomic E-state index is 0.183. The van der Waals surface area contributed by atoms with Crippen molar-refractivity contribution in [3.63, 3.8) is 0 Å². The van der Waals surface area contributed by atoms with E-state index in [2.05, 4.69) is 10.6 Å². The molecular formula is C15H29N5O5S. The summed E-state index contributed by atoms with van der Waals surface area (Å²) in [5.74, 6) is -2.76. The summed E-state index contributed by atoms with van der Waals surface area (Å²) in [6, 6.07) is -3.27. The summed E-state index contributed by atoms with van der Waals surface area (Å²) in [7, 11) is 0. The van der Waals surface area contributed by atoms with Crippen molar-refractivity contribution < 1.29 is 24.3 Å². The van der Waals surface area contributed by atoms with Crippen LogP contribution in [-0.2, 0) is 19.2 Å². The van der Waals surface area contributed by atoms with E-state index in [0.717, 1.165) is 0 Å². The summed E-state index contributed by atoms with van der Waals surface area (Å²) in [6.07, 6.45) is 3.12. The van der Waals surface area contributed by atoms with Crippen LogP contribution in [0.1, 0.15) is 32.1 Å². The van der Waals surface area contributed by atoms with Crippen molar-refractivity contribution in [2.45, 2.75) is 50.2 Å². The van der Waals surface area contributed by atoms with Gasteiger partial charge < -0.3 is 32.9 Å². The van der Waals surface area contributed by atoms with Gasteiger partial charge >= 0.3 is 5.97 Å². The zero-order valence-corrected chi connectivity index (χ0v) is 15.7. The molecule has 0 heterocycles. The van der Waals surface area contributed by atoms with Gasteiger partial charge in [0.05, 0.1) is 12.5 Å². The van der Waals surface area contributed by atoms with Crippen molar-refractivity contribution in [1.82, 2.24) is 10.6 Å². The van der Waals surface area contributed by atoms with Crippen molar-refractivity contribution in [2.24, 2.45) is 17.2 Å². The molecule has 3 atom stereocenters. The summed E-state index contributed by atoms with van der Waals surface area (Å²) in [5, 5.41) is 13.9. The molecule has 0 fully saturated rings. The lowest BCUT2D eigenvalue weighted by Gasteiger charge is -2.22. The molecular weight excluding hydrogens is 362 g/mol. The van der Waals surface area contributed by atoms with Crippen LogP contribution in [0.4, 0.5) is 0 Å². The molecule has 0 saturated heterocycles. The maximum atomic E-state index is 12.3. The van der Waals surface area contributed by atoms with Crippen LogP contribution in [-0.4, -0.2) is 65.5 Å². The largest absolute Gasteiger partial charge is 0.480 e. The lowest BCUT2D eigenvalue weighted by Crippen LogP contribution is -2.55. The van der Waals surface area contributed by atoms with Crippen molar-refractivity contribution >= 4 is 35.5 Å². The van der Waals surface area contributed by atoms with E-state index in [1.165, 1.54) is 11.8 Å². The van der Waals surface area contributed by atoms with Crippen LogP contribution in [0.15, 0.2) is 0 Å². The molecule has 0 aromatic rings. The molecule has 0 rings (SSSR count). The molecule has 0 aliphatic heterocycles. The molecule has 3 unspecified atom stereocenters. The number of primary amides is 1. The van der Waals surface area contributed by atoms with E-state index in [1.54, 1.807) is 0 Å². The number of hydrogen-bond acceptors (Lipinski definition) is 7. The number of amides is 3. The second-order valence-electron chi connectivity index (χ2n) is 5.80. The summed E-state index contributed by atoms with van der Waals surface area (Å²) >= 11 is 1.52. The van der Waals surface area contributed by atoms with Crippen LogP contribution in [0, 0.1) is 0 Å². The molecule has 26 heavy (non-hydrogen) atoms. The molecule has 0 bridgehead atoms. The second kappa shape index (κ2) is 13.4. The first kappa shape index (κ1) is 24.1. The highest BCUT2D eigenvalue weighted by atomic mass is 32.2. The first-order chi connectivity index (χ1) is 12.2. The Bertz CT molecular complexity index is 491. The number of carboxylic acids is 1. The number of thioether (sulfide) groups is 1. The van der Waals surface area contributed by atoms with E-state index in [4.69, 9.17) is 17.2 Å². The lowest BCUT2D eigenvalue weighted by molar-refractivity contribution is -0.142. The standard InChI is InChI=1S/C15H29N5O5S/c1-26-7-5-9(17)13(22)20-11(8-12(18)21)14(23)19-10(15(24)25)4-2-3-6-16/h9-11H,2-8,16-17H2,1H3,(H2,18,21)(H,19,23)(H,20,22)(H,24,25). The zero-order valence-electron chi connectivity index (χ0n) is 14.9. The Morgan fingerprint density at radius 2 is 1.65 bits per heavy atom. The third-order valence-electron chi connectivity index (χ3n) is 3.57. The molecule has 0 saturated carbocycles. The molecule has 9 N–H and O–H groups in total. The smallest absolute Gasteiger partial charge is 0.326 e. The fraction of sp³-hybridized carbons (Fsp3) is 0.733. The molecule has 0 spiro atoms. The van der Waals surface area contributed by atoms with Gasteiger partial charge in [-0.2, -0.15) is 11.8 Å². The van der Waals surface area contributed by atoms with E-state index in [0.29, 0.717) is 31.6 Å². The summed E-state index contributed by atoms with van der Waals surface area (Å²) in [6.45, 7) is 0.411. The molecule has 11 heteroatoms. The first-order valence-electron chi connectivity index (χ1n) is 8.29. The van der Waals surface area contributed by atoms with Crippen molar-refractivity contribution in [3.8, 4) is 0 Å². The highest BCUT2D eigenvalue weighted by molar-refractivity contribution is 7.98. The summed E-state index contributed by atoms with van der Waals surface area (Å²) < 4.78 is 0. The number of carbonyl (C=O) groups is 4. The Labute approximate surface area is 157 Å². The van der Waals surface area contributed by atoms with Gasteiger partial charge in [-0.05, 0) is 44.2 Å². The Kier molecular flexibility index (Phi) is 12.4. The molecule has 0 aliphatic rings. The quantitative estimate of drug-likeness (QED) is 0.185. The van der Waals surface area contributed by atoms with Gasteiger partial charge in [0.25, 0.3) is 0 Å². The zero-order chi connectivity index (χ0) is 20.1. The van der Waals surface area contributed by atoms with Crippen LogP contribution < -0.4 is 27.8 Å². The van der Waals surface area contributed by atoms with Crippen molar-refractivity contribution in [2.75, 3.05) is 18.6 Å². The van der Waals surface area contributed by atoms with Gasteiger partial charge in [0, 0.05) is 0 Å². The Hall–Kier alpha value is -1.85. The van der Waals surface area contributed by atoms with Gasteiger partial charge in [-0.1, -0.05) is 0 Å². The average molecular weight is 391 g/mol. The van der Waals surface area contributed by atoms with Crippen molar-refractivity contribution in [1.29, 1.82) is 0 Å². The number of aliphatic carboxylic acids is 1. The monoisotopic (exact) mass is 391 g/mol. The molecule has 0 radical (unpaired) electrons. The summed E-state index contributed by atoms with van der Waals surface area (Å²) in [5.41, 5.74) is 16.2. The molecule has 10 nitrogen and oxygen atoms in total.